The highest BCUT2D eigenvalue weighted by atomic mass is 16.4. The van der Waals surface area contributed by atoms with Gasteiger partial charge in [0.25, 0.3) is 0 Å². The molecule has 0 fully saturated rings. The Morgan fingerprint density at radius 2 is 1.08 bits per heavy atom. The number of carbonyl (C=O) groups is 1. The van der Waals surface area contributed by atoms with Crippen LogP contribution in [0.1, 0.15) is 97.8 Å². The summed E-state index contributed by atoms with van der Waals surface area (Å²) < 4.78 is 0. The number of rotatable bonds is 17. The lowest BCUT2D eigenvalue weighted by Gasteiger charge is -2.04. The predicted molar refractivity (Wildman–Crippen MR) is 106 cm³/mol. The van der Waals surface area contributed by atoms with Crippen LogP contribution in [0.5, 0.6) is 0 Å². The van der Waals surface area contributed by atoms with Crippen LogP contribution < -0.4 is 10.6 Å². The van der Waals surface area contributed by atoms with E-state index >= 15 is 0 Å². The van der Waals surface area contributed by atoms with Crippen molar-refractivity contribution in [2.24, 2.45) is 0 Å². The topological polar surface area (TPSA) is 61.4 Å². The van der Waals surface area contributed by atoms with Crippen molar-refractivity contribution >= 4 is 5.97 Å². The molecule has 0 saturated heterocycles. The van der Waals surface area contributed by atoms with Crippen LogP contribution >= 0.6 is 0 Å². The standard InChI is InChI=1S/C16H35N.C4H9NO2/c1-3-5-7-9-11-13-15-17-16-14-12-10-8-6-4-2;1-2-5-3-4(6)7/h17H,3-16H2,1-2H3;5H,2-3H2,1H3,(H,6,7). The molecule has 0 radical (unpaired) electrons. The molecule has 0 bridgehead atoms. The van der Waals surface area contributed by atoms with E-state index < -0.39 is 5.97 Å². The fourth-order valence-corrected chi connectivity index (χ4v) is 2.42. The van der Waals surface area contributed by atoms with Gasteiger partial charge in [0.1, 0.15) is 0 Å². The Bertz CT molecular complexity index is 222. The van der Waals surface area contributed by atoms with Crippen molar-refractivity contribution in [3.8, 4) is 0 Å². The van der Waals surface area contributed by atoms with E-state index in [-0.39, 0.29) is 6.54 Å². The molecule has 0 spiro atoms. The van der Waals surface area contributed by atoms with Crippen LogP contribution in [-0.4, -0.2) is 37.3 Å². The first-order valence-electron chi connectivity index (χ1n) is 10.3. The number of unbranched alkanes of at least 4 members (excludes halogenated alkanes) is 10. The Balaban J connectivity index is 0. The van der Waals surface area contributed by atoms with Crippen LogP contribution in [0.25, 0.3) is 0 Å². The van der Waals surface area contributed by atoms with Gasteiger partial charge in [0.2, 0.25) is 0 Å². The third kappa shape index (κ3) is 29.4. The second-order valence-electron chi connectivity index (χ2n) is 6.46. The van der Waals surface area contributed by atoms with Gasteiger partial charge in [-0.05, 0) is 32.5 Å². The number of likely N-dealkylation sites (N-methyl/N-ethyl adjacent to an activating group) is 1. The van der Waals surface area contributed by atoms with Crippen LogP contribution in [-0.2, 0) is 4.79 Å². The number of aliphatic carboxylic acids is 1. The summed E-state index contributed by atoms with van der Waals surface area (Å²) in [4.78, 5) is 9.70. The maximum absolute atomic E-state index is 9.70. The van der Waals surface area contributed by atoms with Crippen molar-refractivity contribution < 1.29 is 9.90 Å². The average Bonchev–Trinajstić information content (AvgIpc) is 2.58. The molecule has 0 aliphatic rings. The fraction of sp³-hybridized carbons (Fsp3) is 0.950. The molecular weight excluding hydrogens is 300 g/mol. The Hall–Kier alpha value is -0.610. The first-order chi connectivity index (χ1) is 11.7. The molecular formula is C20H44N2O2. The SMILES string of the molecule is CCCCCCCCNCCCCCCCC.CCNCC(=O)O. The summed E-state index contributed by atoms with van der Waals surface area (Å²) in [5.41, 5.74) is 0. The minimum absolute atomic E-state index is 0.0660. The Morgan fingerprint density at radius 1 is 0.667 bits per heavy atom. The van der Waals surface area contributed by atoms with Gasteiger partial charge in [-0.1, -0.05) is 85.0 Å². The molecule has 0 aliphatic carbocycles. The molecule has 4 heteroatoms. The third-order valence-corrected chi connectivity index (χ3v) is 3.94. The first-order valence-corrected chi connectivity index (χ1v) is 10.3. The summed E-state index contributed by atoms with van der Waals surface area (Å²) in [5, 5.41) is 14.2. The Labute approximate surface area is 151 Å². The lowest BCUT2D eigenvalue weighted by molar-refractivity contribution is -0.135. The van der Waals surface area contributed by atoms with Crippen molar-refractivity contribution in [2.75, 3.05) is 26.2 Å². The lowest BCUT2D eigenvalue weighted by Crippen LogP contribution is -2.21. The highest BCUT2D eigenvalue weighted by Gasteiger charge is 1.92. The van der Waals surface area contributed by atoms with Crippen LogP contribution in [0.15, 0.2) is 0 Å². The van der Waals surface area contributed by atoms with Gasteiger partial charge in [0, 0.05) is 0 Å². The van der Waals surface area contributed by atoms with Crippen LogP contribution in [0, 0.1) is 0 Å². The average molecular weight is 345 g/mol. The van der Waals surface area contributed by atoms with E-state index in [1.165, 1.54) is 90.1 Å². The van der Waals surface area contributed by atoms with Crippen LogP contribution in [0.2, 0.25) is 0 Å². The van der Waals surface area contributed by atoms with Gasteiger partial charge in [-0.2, -0.15) is 0 Å². The van der Waals surface area contributed by atoms with E-state index in [4.69, 9.17) is 5.11 Å². The van der Waals surface area contributed by atoms with Gasteiger partial charge in [-0.3, -0.25) is 4.79 Å². The zero-order valence-corrected chi connectivity index (χ0v) is 16.7. The molecule has 0 rings (SSSR count). The summed E-state index contributed by atoms with van der Waals surface area (Å²) in [5.74, 6) is -0.804. The molecule has 0 aromatic heterocycles. The van der Waals surface area contributed by atoms with E-state index in [2.05, 4.69) is 24.5 Å². The minimum Gasteiger partial charge on any atom is -0.480 e. The van der Waals surface area contributed by atoms with Crippen LogP contribution in [0.3, 0.4) is 0 Å². The number of hydrogen-bond acceptors (Lipinski definition) is 3. The fourth-order valence-electron chi connectivity index (χ4n) is 2.42. The molecule has 146 valence electrons. The van der Waals surface area contributed by atoms with Gasteiger partial charge in [0.05, 0.1) is 6.54 Å². The normalized spacial score (nSPS) is 10.3. The molecule has 0 atom stereocenters. The van der Waals surface area contributed by atoms with Crippen molar-refractivity contribution in [3.63, 3.8) is 0 Å². The molecule has 0 unspecified atom stereocenters. The van der Waals surface area contributed by atoms with E-state index in [1.54, 1.807) is 0 Å². The minimum atomic E-state index is -0.804. The van der Waals surface area contributed by atoms with E-state index in [0.29, 0.717) is 6.54 Å². The number of carboxylic acid groups (broad SMARTS) is 1. The molecule has 0 amide bonds. The number of hydrogen-bond donors (Lipinski definition) is 3. The van der Waals surface area contributed by atoms with Gasteiger partial charge < -0.3 is 15.7 Å². The van der Waals surface area contributed by atoms with Crippen LogP contribution in [0.4, 0.5) is 0 Å². The van der Waals surface area contributed by atoms with Gasteiger partial charge in [0.15, 0.2) is 0 Å². The highest BCUT2D eigenvalue weighted by Crippen LogP contribution is 2.05. The Morgan fingerprint density at radius 3 is 1.42 bits per heavy atom. The van der Waals surface area contributed by atoms with E-state index in [1.807, 2.05) is 6.92 Å². The second kappa shape index (κ2) is 24.6. The molecule has 3 N–H and O–H groups in total. The molecule has 0 heterocycles. The quantitative estimate of drug-likeness (QED) is 0.326. The summed E-state index contributed by atoms with van der Waals surface area (Å²) in [6.07, 6.45) is 16.9. The maximum Gasteiger partial charge on any atom is 0.317 e. The summed E-state index contributed by atoms with van der Waals surface area (Å²) >= 11 is 0. The Kier molecular flexibility index (Phi) is 26.3. The summed E-state index contributed by atoms with van der Waals surface area (Å²) in [6.45, 7) is 9.68. The molecule has 0 aromatic carbocycles. The van der Waals surface area contributed by atoms with Gasteiger partial charge >= 0.3 is 5.97 Å². The number of nitrogens with one attached hydrogen (secondary N) is 2. The number of carboxylic acids is 1. The van der Waals surface area contributed by atoms with Crippen molar-refractivity contribution in [1.29, 1.82) is 0 Å². The smallest absolute Gasteiger partial charge is 0.317 e. The largest absolute Gasteiger partial charge is 0.480 e. The second-order valence-corrected chi connectivity index (χ2v) is 6.46. The molecule has 0 saturated carbocycles. The zero-order chi connectivity index (χ0) is 18.3. The van der Waals surface area contributed by atoms with Crippen molar-refractivity contribution in [3.05, 3.63) is 0 Å². The zero-order valence-electron chi connectivity index (χ0n) is 16.7. The molecule has 24 heavy (non-hydrogen) atoms. The lowest BCUT2D eigenvalue weighted by atomic mass is 10.1. The van der Waals surface area contributed by atoms with E-state index in [9.17, 15) is 4.79 Å². The third-order valence-electron chi connectivity index (χ3n) is 3.94. The van der Waals surface area contributed by atoms with Gasteiger partial charge in [-0.25, -0.2) is 0 Å². The summed E-state index contributed by atoms with van der Waals surface area (Å²) in [6, 6.07) is 0. The molecule has 0 aromatic rings. The monoisotopic (exact) mass is 344 g/mol. The molecule has 4 nitrogen and oxygen atoms in total. The van der Waals surface area contributed by atoms with E-state index in [0.717, 1.165) is 0 Å². The predicted octanol–water partition coefficient (Wildman–Crippen LogP) is 4.98. The van der Waals surface area contributed by atoms with Crippen molar-refractivity contribution in [1.82, 2.24) is 10.6 Å². The summed E-state index contributed by atoms with van der Waals surface area (Å²) in [7, 11) is 0. The first kappa shape index (κ1) is 25.6. The van der Waals surface area contributed by atoms with Gasteiger partial charge in [-0.15, -0.1) is 0 Å². The molecule has 0 aliphatic heterocycles. The highest BCUT2D eigenvalue weighted by molar-refractivity contribution is 5.68. The van der Waals surface area contributed by atoms with Crippen molar-refractivity contribution in [2.45, 2.75) is 97.8 Å². The maximum atomic E-state index is 9.70.